The molecular formula is C18H31ClN4O3S. The van der Waals surface area contributed by atoms with Gasteiger partial charge in [-0.05, 0) is 50.8 Å². The molecule has 0 saturated carbocycles. The first-order valence-corrected chi connectivity index (χ1v) is 10.9. The molecule has 27 heavy (non-hydrogen) atoms. The molecule has 0 bridgehead atoms. The van der Waals surface area contributed by atoms with Crippen LogP contribution in [0.5, 0.6) is 0 Å². The second-order valence-electron chi connectivity index (χ2n) is 7.68. The number of hydrogen-bond acceptors (Lipinski definition) is 4. The first kappa shape index (κ1) is 22.2. The highest BCUT2D eigenvalue weighted by atomic mass is 35.5. The van der Waals surface area contributed by atoms with Crippen molar-refractivity contribution in [2.45, 2.75) is 43.5 Å². The molecule has 154 valence electrons. The van der Waals surface area contributed by atoms with E-state index in [9.17, 15) is 13.2 Å². The van der Waals surface area contributed by atoms with Crippen molar-refractivity contribution < 1.29 is 13.2 Å². The average Bonchev–Trinajstić information content (AvgIpc) is 3.03. The van der Waals surface area contributed by atoms with Crippen molar-refractivity contribution in [1.29, 1.82) is 0 Å². The predicted molar refractivity (Wildman–Crippen MR) is 108 cm³/mol. The van der Waals surface area contributed by atoms with Gasteiger partial charge in [0.1, 0.15) is 10.6 Å². The molecule has 2 aliphatic rings. The smallest absolute Gasteiger partial charge is 0.270 e. The van der Waals surface area contributed by atoms with Crippen molar-refractivity contribution in [3.8, 4) is 0 Å². The molecule has 3 rings (SSSR count). The maximum atomic E-state index is 13.0. The maximum Gasteiger partial charge on any atom is 0.270 e. The number of sulfonamides is 1. The number of nitrogens with zero attached hydrogens (tertiary/aromatic N) is 3. The van der Waals surface area contributed by atoms with E-state index < -0.39 is 10.0 Å². The molecule has 0 aliphatic carbocycles. The predicted octanol–water partition coefficient (Wildman–Crippen LogP) is 1.69. The van der Waals surface area contributed by atoms with Crippen LogP contribution >= 0.6 is 12.4 Å². The molecule has 2 saturated heterocycles. The minimum absolute atomic E-state index is 0. The number of rotatable bonds is 4. The Labute approximate surface area is 168 Å². The van der Waals surface area contributed by atoms with E-state index in [0.717, 1.165) is 38.8 Å². The highest BCUT2D eigenvalue weighted by Crippen LogP contribution is 2.25. The number of piperidine rings is 2. The van der Waals surface area contributed by atoms with Crippen molar-refractivity contribution >= 4 is 28.3 Å². The Kier molecular flexibility index (Phi) is 7.35. The fraction of sp³-hybridized carbons (Fsp3) is 0.722. The fourth-order valence-electron chi connectivity index (χ4n) is 3.94. The van der Waals surface area contributed by atoms with E-state index in [1.54, 1.807) is 27.0 Å². The average molecular weight is 419 g/mol. The summed E-state index contributed by atoms with van der Waals surface area (Å²) in [7, 11) is -0.000173. The number of carbonyl (C=O) groups excluding carboxylic acids is 1. The number of carbonyl (C=O) groups is 1. The van der Waals surface area contributed by atoms with Gasteiger partial charge in [0.2, 0.25) is 10.0 Å². The van der Waals surface area contributed by atoms with E-state index in [1.807, 2.05) is 7.05 Å². The van der Waals surface area contributed by atoms with Gasteiger partial charge in [0.15, 0.2) is 0 Å². The summed E-state index contributed by atoms with van der Waals surface area (Å²) in [4.78, 5) is 14.9. The second-order valence-corrected chi connectivity index (χ2v) is 9.62. The van der Waals surface area contributed by atoms with Crippen molar-refractivity contribution in [1.82, 2.24) is 19.1 Å². The lowest BCUT2D eigenvalue weighted by molar-refractivity contribution is 0.0693. The van der Waals surface area contributed by atoms with Crippen LogP contribution in [0.2, 0.25) is 0 Å². The summed E-state index contributed by atoms with van der Waals surface area (Å²) in [5.41, 5.74) is 0.426. The van der Waals surface area contributed by atoms with Gasteiger partial charge in [0, 0.05) is 39.4 Å². The molecule has 1 N–H and O–H groups in total. The van der Waals surface area contributed by atoms with Crippen LogP contribution in [0.4, 0.5) is 0 Å². The molecule has 0 radical (unpaired) electrons. The lowest BCUT2D eigenvalue weighted by Crippen LogP contribution is -2.44. The van der Waals surface area contributed by atoms with Crippen LogP contribution < -0.4 is 5.32 Å². The summed E-state index contributed by atoms with van der Waals surface area (Å²) >= 11 is 0. The minimum Gasteiger partial charge on any atom is -0.345 e. The number of amides is 1. The first-order valence-electron chi connectivity index (χ1n) is 9.45. The molecule has 2 fully saturated rings. The molecule has 1 aromatic rings. The van der Waals surface area contributed by atoms with Crippen molar-refractivity contribution in [3.05, 3.63) is 18.0 Å². The summed E-state index contributed by atoms with van der Waals surface area (Å²) in [6.07, 6.45) is 5.36. The molecule has 2 aliphatic heterocycles. The molecule has 0 spiro atoms. The number of halogens is 1. The molecule has 1 aromatic heterocycles. The lowest BCUT2D eigenvalue weighted by Gasteiger charge is -2.31. The number of nitrogens with one attached hydrogen (secondary N) is 1. The van der Waals surface area contributed by atoms with Gasteiger partial charge in [-0.3, -0.25) is 4.79 Å². The monoisotopic (exact) mass is 418 g/mol. The molecule has 1 atom stereocenters. The van der Waals surface area contributed by atoms with Gasteiger partial charge in [-0.25, -0.2) is 8.42 Å². The number of aromatic nitrogens is 1. The van der Waals surface area contributed by atoms with Gasteiger partial charge in [-0.1, -0.05) is 6.92 Å². The zero-order valence-corrected chi connectivity index (χ0v) is 18.0. The van der Waals surface area contributed by atoms with Crippen LogP contribution in [-0.2, 0) is 17.1 Å². The van der Waals surface area contributed by atoms with E-state index in [1.165, 1.54) is 6.07 Å². The fourth-order valence-corrected chi connectivity index (χ4v) is 5.61. The molecular weight excluding hydrogens is 388 g/mol. The SMILES string of the molecule is CC1CCCN(S(=O)(=O)c2cc(C(=O)N(C)C3CCNCC3)n(C)c2)C1.Cl. The summed E-state index contributed by atoms with van der Waals surface area (Å²) in [6, 6.07) is 1.73. The third kappa shape index (κ3) is 4.67. The highest BCUT2D eigenvalue weighted by Gasteiger charge is 2.32. The van der Waals surface area contributed by atoms with Crippen LogP contribution in [0, 0.1) is 5.92 Å². The van der Waals surface area contributed by atoms with E-state index in [2.05, 4.69) is 12.2 Å². The van der Waals surface area contributed by atoms with Gasteiger partial charge in [0.25, 0.3) is 5.91 Å². The molecule has 0 aromatic carbocycles. The quantitative estimate of drug-likeness (QED) is 0.807. The van der Waals surface area contributed by atoms with Gasteiger partial charge in [-0.2, -0.15) is 4.31 Å². The molecule has 9 heteroatoms. The van der Waals surface area contributed by atoms with Crippen LogP contribution in [0.3, 0.4) is 0 Å². The minimum atomic E-state index is -3.55. The molecule has 7 nitrogen and oxygen atoms in total. The van der Waals surface area contributed by atoms with Crippen LogP contribution in [0.15, 0.2) is 17.2 Å². The largest absolute Gasteiger partial charge is 0.345 e. The zero-order valence-electron chi connectivity index (χ0n) is 16.3. The first-order chi connectivity index (χ1) is 12.3. The molecule has 1 amide bonds. The third-order valence-electron chi connectivity index (χ3n) is 5.63. The Morgan fingerprint density at radius 2 is 1.93 bits per heavy atom. The van der Waals surface area contributed by atoms with E-state index in [-0.39, 0.29) is 29.3 Å². The van der Waals surface area contributed by atoms with Crippen LogP contribution in [0.25, 0.3) is 0 Å². The molecule has 3 heterocycles. The highest BCUT2D eigenvalue weighted by molar-refractivity contribution is 7.89. The molecule has 1 unspecified atom stereocenters. The summed E-state index contributed by atoms with van der Waals surface area (Å²) in [6.45, 7) is 5.00. The van der Waals surface area contributed by atoms with E-state index in [4.69, 9.17) is 0 Å². The second kappa shape index (κ2) is 8.94. The third-order valence-corrected chi connectivity index (χ3v) is 7.46. The van der Waals surface area contributed by atoms with Crippen LogP contribution in [0.1, 0.15) is 43.1 Å². The Morgan fingerprint density at radius 3 is 2.56 bits per heavy atom. The number of aryl methyl sites for hydroxylation is 1. The van der Waals surface area contributed by atoms with Gasteiger partial charge in [-0.15, -0.1) is 12.4 Å². The Bertz CT molecular complexity index is 759. The van der Waals surface area contributed by atoms with Gasteiger partial charge < -0.3 is 14.8 Å². The topological polar surface area (TPSA) is 74.7 Å². The summed E-state index contributed by atoms with van der Waals surface area (Å²) < 4.78 is 29.1. The number of hydrogen-bond donors (Lipinski definition) is 1. The Morgan fingerprint density at radius 1 is 1.26 bits per heavy atom. The van der Waals surface area contributed by atoms with Gasteiger partial charge >= 0.3 is 0 Å². The van der Waals surface area contributed by atoms with Crippen LogP contribution in [-0.4, -0.2) is 67.4 Å². The van der Waals surface area contributed by atoms with E-state index >= 15 is 0 Å². The van der Waals surface area contributed by atoms with Gasteiger partial charge in [0.05, 0.1) is 0 Å². The lowest BCUT2D eigenvalue weighted by atomic mass is 10.0. The standard InChI is InChI=1S/C18H30N4O3S.ClH/c1-14-5-4-10-22(12-14)26(24,25)16-11-17(20(2)13-16)18(23)21(3)15-6-8-19-9-7-15;/h11,13-15,19H,4-10,12H2,1-3H3;1H. The Hall–Kier alpha value is -1.09. The summed E-state index contributed by atoms with van der Waals surface area (Å²) in [5.74, 6) is 0.252. The van der Waals surface area contributed by atoms with Crippen molar-refractivity contribution in [2.75, 3.05) is 33.2 Å². The van der Waals surface area contributed by atoms with Crippen molar-refractivity contribution in [2.24, 2.45) is 13.0 Å². The van der Waals surface area contributed by atoms with E-state index in [0.29, 0.717) is 24.7 Å². The normalized spacial score (nSPS) is 22.3. The maximum absolute atomic E-state index is 13.0. The van der Waals surface area contributed by atoms with Crippen molar-refractivity contribution in [3.63, 3.8) is 0 Å². The zero-order chi connectivity index (χ0) is 18.9. The Balaban J connectivity index is 0.00000261. The summed E-state index contributed by atoms with van der Waals surface area (Å²) in [5, 5.41) is 3.30.